The number of guanidine groups is 1. The maximum absolute atomic E-state index is 5.96. The monoisotopic (exact) mass is 411 g/mol. The molecule has 1 aromatic carbocycles. The molecule has 0 amide bonds. The Labute approximate surface area is 159 Å². The zero-order valence-corrected chi connectivity index (χ0v) is 17.1. The average molecular weight is 412 g/mol. The van der Waals surface area contributed by atoms with Crippen LogP contribution in [0.2, 0.25) is 0 Å². The fraction of sp³-hybridized carbons (Fsp3) is 0.632. The molecule has 0 spiro atoms. The molecule has 0 saturated heterocycles. The molecule has 0 heterocycles. The summed E-state index contributed by atoms with van der Waals surface area (Å²) >= 11 is 3.51. The van der Waals surface area contributed by atoms with Gasteiger partial charge in [-0.2, -0.15) is 0 Å². The van der Waals surface area contributed by atoms with Crippen molar-refractivity contribution in [1.82, 2.24) is 10.6 Å². The summed E-state index contributed by atoms with van der Waals surface area (Å²) in [6, 6.07) is 7.89. The predicted octanol–water partition coefficient (Wildman–Crippen LogP) is 3.59. The minimum Gasteiger partial charge on any atom is -0.488 e. The van der Waals surface area contributed by atoms with Gasteiger partial charge in [0.2, 0.25) is 0 Å². The highest BCUT2D eigenvalue weighted by Gasteiger charge is 2.36. The van der Waals surface area contributed by atoms with E-state index in [1.807, 2.05) is 31.2 Å². The Balaban J connectivity index is 1.75. The number of nitrogens with one attached hydrogen (secondary N) is 2. The number of halogens is 1. The van der Waals surface area contributed by atoms with E-state index in [9.17, 15) is 0 Å². The highest BCUT2D eigenvalue weighted by Crippen LogP contribution is 2.43. The first kappa shape index (κ1) is 20.0. The molecule has 0 bridgehead atoms. The summed E-state index contributed by atoms with van der Waals surface area (Å²) in [5, 5.41) is 6.82. The fourth-order valence-corrected chi connectivity index (χ4v) is 3.42. The summed E-state index contributed by atoms with van der Waals surface area (Å²) in [7, 11) is 3.57. The Hall–Kier alpha value is -1.27. The molecule has 1 fully saturated rings. The third-order valence-corrected chi connectivity index (χ3v) is 5.48. The van der Waals surface area contributed by atoms with Crippen molar-refractivity contribution in [3.63, 3.8) is 0 Å². The summed E-state index contributed by atoms with van der Waals surface area (Å²) < 4.78 is 12.2. The van der Waals surface area contributed by atoms with Crippen LogP contribution in [0.25, 0.3) is 0 Å². The number of ether oxygens (including phenoxy) is 2. The largest absolute Gasteiger partial charge is 0.488 e. The minimum absolute atomic E-state index is 0.0309. The molecule has 5 nitrogen and oxygen atoms in total. The quantitative estimate of drug-likeness (QED) is 0.481. The third-order valence-electron chi connectivity index (χ3n) is 4.83. The standard InChI is InChI=1S/C19H30BrN3O2/c1-15(25-17-8-5-4-7-16(17)20)13-22-18(21-2)23-14-19(9-6-10-19)11-12-24-3/h4-5,7-8,15H,6,9-14H2,1-3H3,(H2,21,22,23). The Morgan fingerprint density at radius 1 is 1.32 bits per heavy atom. The summed E-state index contributed by atoms with van der Waals surface area (Å²) in [6.45, 7) is 4.50. The molecule has 1 unspecified atom stereocenters. The highest BCUT2D eigenvalue weighted by atomic mass is 79.9. The predicted molar refractivity (Wildman–Crippen MR) is 106 cm³/mol. The van der Waals surface area contributed by atoms with Gasteiger partial charge in [-0.15, -0.1) is 0 Å². The van der Waals surface area contributed by atoms with Gasteiger partial charge in [0.15, 0.2) is 5.96 Å². The smallest absolute Gasteiger partial charge is 0.191 e. The Kier molecular flexibility index (Phi) is 8.03. The number of para-hydroxylation sites is 1. The lowest BCUT2D eigenvalue weighted by Crippen LogP contribution is -2.48. The van der Waals surface area contributed by atoms with E-state index in [0.717, 1.165) is 35.8 Å². The first-order valence-corrected chi connectivity index (χ1v) is 9.72. The van der Waals surface area contributed by atoms with Gasteiger partial charge in [-0.25, -0.2) is 0 Å². The molecule has 1 aliphatic rings. The van der Waals surface area contributed by atoms with Crippen molar-refractivity contribution in [3.05, 3.63) is 28.7 Å². The van der Waals surface area contributed by atoms with Crippen molar-refractivity contribution in [1.29, 1.82) is 0 Å². The molecule has 0 radical (unpaired) electrons. The molecule has 1 aromatic rings. The SMILES string of the molecule is CN=C(NCC(C)Oc1ccccc1Br)NCC1(CCOC)CCC1. The lowest BCUT2D eigenvalue weighted by Gasteiger charge is -2.42. The molecule has 25 heavy (non-hydrogen) atoms. The van der Waals surface area contributed by atoms with Crippen LogP contribution < -0.4 is 15.4 Å². The van der Waals surface area contributed by atoms with Crippen LogP contribution >= 0.6 is 15.9 Å². The van der Waals surface area contributed by atoms with Gasteiger partial charge in [-0.1, -0.05) is 18.6 Å². The van der Waals surface area contributed by atoms with E-state index in [-0.39, 0.29) is 6.10 Å². The molecular formula is C19H30BrN3O2. The van der Waals surface area contributed by atoms with Crippen molar-refractivity contribution in [2.75, 3.05) is 33.9 Å². The van der Waals surface area contributed by atoms with E-state index < -0.39 is 0 Å². The van der Waals surface area contributed by atoms with E-state index in [1.54, 1.807) is 14.2 Å². The van der Waals surface area contributed by atoms with Crippen molar-refractivity contribution < 1.29 is 9.47 Å². The van der Waals surface area contributed by atoms with Crippen molar-refractivity contribution in [2.45, 2.75) is 38.7 Å². The number of hydrogen-bond acceptors (Lipinski definition) is 3. The highest BCUT2D eigenvalue weighted by molar-refractivity contribution is 9.10. The van der Waals surface area contributed by atoms with E-state index in [2.05, 4.69) is 31.6 Å². The number of hydrogen-bond donors (Lipinski definition) is 2. The van der Waals surface area contributed by atoms with Crippen molar-refractivity contribution in [3.8, 4) is 5.75 Å². The maximum atomic E-state index is 5.96. The summed E-state index contributed by atoms with van der Waals surface area (Å²) in [5.41, 5.74) is 0.366. The normalized spacial score (nSPS) is 17.5. The van der Waals surface area contributed by atoms with Crippen LogP contribution in [0.3, 0.4) is 0 Å². The molecule has 0 aliphatic heterocycles. The van der Waals surface area contributed by atoms with E-state index in [4.69, 9.17) is 9.47 Å². The molecule has 140 valence electrons. The van der Waals surface area contributed by atoms with Crippen LogP contribution in [0.5, 0.6) is 5.75 Å². The van der Waals surface area contributed by atoms with Crippen molar-refractivity contribution >= 4 is 21.9 Å². The first-order chi connectivity index (χ1) is 12.1. The van der Waals surface area contributed by atoms with Crippen LogP contribution in [0.1, 0.15) is 32.6 Å². The van der Waals surface area contributed by atoms with Crippen LogP contribution in [0.15, 0.2) is 33.7 Å². The Morgan fingerprint density at radius 3 is 2.68 bits per heavy atom. The van der Waals surface area contributed by atoms with Crippen molar-refractivity contribution in [2.24, 2.45) is 10.4 Å². The molecule has 2 rings (SSSR count). The topological polar surface area (TPSA) is 54.9 Å². The molecule has 0 aromatic heterocycles. The van der Waals surface area contributed by atoms with E-state index >= 15 is 0 Å². The summed E-state index contributed by atoms with van der Waals surface area (Å²) in [6.07, 6.45) is 4.98. The van der Waals surface area contributed by atoms with Gasteiger partial charge in [-0.05, 0) is 59.7 Å². The summed E-state index contributed by atoms with van der Waals surface area (Å²) in [5.74, 6) is 1.68. The van der Waals surface area contributed by atoms with Gasteiger partial charge in [0.05, 0.1) is 11.0 Å². The van der Waals surface area contributed by atoms with Gasteiger partial charge in [0.1, 0.15) is 11.9 Å². The van der Waals surface area contributed by atoms with Crippen LogP contribution in [0.4, 0.5) is 0 Å². The third kappa shape index (κ3) is 6.19. The van der Waals surface area contributed by atoms with Crippen LogP contribution in [0, 0.1) is 5.41 Å². The van der Waals surface area contributed by atoms with Gasteiger partial charge >= 0.3 is 0 Å². The van der Waals surface area contributed by atoms with Gasteiger partial charge in [0.25, 0.3) is 0 Å². The number of aliphatic imine (C=N–C) groups is 1. The molecule has 1 saturated carbocycles. The second kappa shape index (κ2) is 10.0. The zero-order chi connectivity index (χ0) is 18.1. The minimum atomic E-state index is 0.0309. The van der Waals surface area contributed by atoms with Gasteiger partial charge in [0, 0.05) is 27.3 Å². The first-order valence-electron chi connectivity index (χ1n) is 8.93. The Bertz CT molecular complexity index is 561. The lowest BCUT2D eigenvalue weighted by atomic mass is 9.67. The van der Waals surface area contributed by atoms with Crippen LogP contribution in [-0.4, -0.2) is 45.9 Å². The molecule has 1 atom stereocenters. The van der Waals surface area contributed by atoms with Gasteiger partial charge in [-0.3, -0.25) is 4.99 Å². The van der Waals surface area contributed by atoms with E-state index in [0.29, 0.717) is 12.0 Å². The van der Waals surface area contributed by atoms with Gasteiger partial charge < -0.3 is 20.1 Å². The molecular weight excluding hydrogens is 382 g/mol. The average Bonchev–Trinajstić information content (AvgIpc) is 2.58. The molecule has 2 N–H and O–H groups in total. The fourth-order valence-electron chi connectivity index (χ4n) is 3.04. The lowest BCUT2D eigenvalue weighted by molar-refractivity contribution is 0.0732. The number of methoxy groups -OCH3 is 1. The maximum Gasteiger partial charge on any atom is 0.191 e. The number of benzene rings is 1. The second-order valence-corrected chi connectivity index (χ2v) is 7.62. The second-order valence-electron chi connectivity index (χ2n) is 6.76. The molecule has 6 heteroatoms. The number of nitrogens with zero attached hydrogens (tertiary/aromatic N) is 1. The van der Waals surface area contributed by atoms with Crippen LogP contribution in [-0.2, 0) is 4.74 Å². The Morgan fingerprint density at radius 2 is 2.08 bits per heavy atom. The number of rotatable bonds is 9. The zero-order valence-electron chi connectivity index (χ0n) is 15.5. The summed E-state index contributed by atoms with van der Waals surface area (Å²) in [4.78, 5) is 4.32. The van der Waals surface area contributed by atoms with E-state index in [1.165, 1.54) is 19.3 Å². The molecule has 1 aliphatic carbocycles.